The van der Waals surface area contributed by atoms with Crippen molar-refractivity contribution in [1.29, 1.82) is 0 Å². The smallest absolute Gasteiger partial charge is 0.331 e. The summed E-state index contributed by atoms with van der Waals surface area (Å²) in [6.45, 7) is 4.58. The van der Waals surface area contributed by atoms with E-state index in [1.165, 1.54) is 10.6 Å². The molecule has 2 N–H and O–H groups in total. The third kappa shape index (κ3) is 6.55. The van der Waals surface area contributed by atoms with Crippen LogP contribution in [0.15, 0.2) is 82.4 Å². The maximum atomic E-state index is 14.7. The van der Waals surface area contributed by atoms with Crippen LogP contribution in [0.5, 0.6) is 5.75 Å². The van der Waals surface area contributed by atoms with Crippen LogP contribution >= 0.6 is 0 Å². The fourth-order valence-electron chi connectivity index (χ4n) is 5.72. The predicted molar refractivity (Wildman–Crippen MR) is 164 cm³/mol. The normalized spacial score (nSPS) is 14.6. The van der Waals surface area contributed by atoms with Crippen LogP contribution in [-0.4, -0.2) is 53.9 Å². The number of halogens is 2. The van der Waals surface area contributed by atoms with Crippen molar-refractivity contribution in [2.45, 2.75) is 32.5 Å². The number of rotatable bonds is 10. The second-order valence-electron chi connectivity index (χ2n) is 10.8. The maximum Gasteiger partial charge on any atom is 0.331 e. The number of hydrogen-bond acceptors (Lipinski definition) is 6. The van der Waals surface area contributed by atoms with Gasteiger partial charge in [-0.05, 0) is 42.7 Å². The minimum Gasteiger partial charge on any atom is -0.496 e. The van der Waals surface area contributed by atoms with Crippen LogP contribution in [0.1, 0.15) is 28.4 Å². The van der Waals surface area contributed by atoms with Crippen LogP contribution < -0.4 is 26.6 Å². The summed E-state index contributed by atoms with van der Waals surface area (Å²) in [5, 5.41) is 0. The number of ether oxygens (including phenoxy) is 1. The van der Waals surface area contributed by atoms with Crippen molar-refractivity contribution >= 4 is 5.69 Å². The molecule has 1 aliphatic heterocycles. The Kier molecular flexibility index (Phi) is 9.37. The molecule has 0 spiro atoms. The number of benzene rings is 3. The summed E-state index contributed by atoms with van der Waals surface area (Å²) in [6.07, 6.45) is 0.826. The summed E-state index contributed by atoms with van der Waals surface area (Å²) in [7, 11) is 1.67. The highest BCUT2D eigenvalue weighted by molar-refractivity contribution is 5.50. The molecule has 10 heteroatoms. The summed E-state index contributed by atoms with van der Waals surface area (Å²) < 4.78 is 37.2. The number of hydrogen-bond donors (Lipinski definition) is 1. The summed E-state index contributed by atoms with van der Waals surface area (Å²) in [6, 6.07) is 20.1. The highest BCUT2D eigenvalue weighted by Crippen LogP contribution is 2.22. The Morgan fingerprint density at radius 3 is 2.19 bits per heavy atom. The minimum absolute atomic E-state index is 0.0758. The van der Waals surface area contributed by atoms with Crippen LogP contribution in [-0.2, 0) is 19.5 Å². The van der Waals surface area contributed by atoms with E-state index in [0.717, 1.165) is 46.5 Å². The molecule has 1 atom stereocenters. The fourth-order valence-corrected chi connectivity index (χ4v) is 5.72. The molecule has 1 aromatic heterocycles. The standard InChI is InChI=1S/C33H37F2N5O3/c1-23-31(38-19-17-37(18-20-38)16-15-25-11-6-7-14-30(25)43-2)32(41)40(22-29(36)24-9-4-3-5-10-24)33(42)39(23)21-26-27(34)12-8-13-28(26)35/h3-14,29H,15-22,36H2,1-2H3/t29-/m0/s1. The van der Waals surface area contributed by atoms with E-state index >= 15 is 0 Å². The van der Waals surface area contributed by atoms with Gasteiger partial charge in [0.05, 0.1) is 20.2 Å². The molecule has 0 bridgehead atoms. The van der Waals surface area contributed by atoms with Crippen LogP contribution in [0.2, 0.25) is 0 Å². The van der Waals surface area contributed by atoms with E-state index in [2.05, 4.69) is 11.0 Å². The SMILES string of the molecule is COc1ccccc1CCN1CCN(c2c(C)n(Cc3c(F)cccc3F)c(=O)n(C[C@H](N)c3ccccc3)c2=O)CC1. The Balaban J connectivity index is 1.44. The van der Waals surface area contributed by atoms with Crippen molar-refractivity contribution < 1.29 is 13.5 Å². The van der Waals surface area contributed by atoms with E-state index in [0.29, 0.717) is 37.6 Å². The Labute approximate surface area is 249 Å². The quantitative estimate of drug-likeness (QED) is 0.304. The number of nitrogens with two attached hydrogens (primary N) is 1. The molecule has 0 aliphatic carbocycles. The van der Waals surface area contributed by atoms with E-state index in [-0.39, 0.29) is 18.7 Å². The first kappa shape index (κ1) is 30.2. The van der Waals surface area contributed by atoms with Crippen molar-refractivity contribution in [1.82, 2.24) is 14.0 Å². The third-order valence-corrected chi connectivity index (χ3v) is 8.22. The molecule has 0 saturated carbocycles. The molecule has 8 nitrogen and oxygen atoms in total. The van der Waals surface area contributed by atoms with Crippen molar-refractivity contribution in [2.24, 2.45) is 5.73 Å². The fraction of sp³-hybridized carbons (Fsp3) is 0.333. The molecule has 3 aromatic carbocycles. The molecule has 1 saturated heterocycles. The molecule has 2 heterocycles. The topological polar surface area (TPSA) is 85.7 Å². The highest BCUT2D eigenvalue weighted by atomic mass is 19.1. The van der Waals surface area contributed by atoms with Gasteiger partial charge in [-0.15, -0.1) is 0 Å². The van der Waals surface area contributed by atoms with Gasteiger partial charge < -0.3 is 15.4 Å². The molecular weight excluding hydrogens is 552 g/mol. The second-order valence-corrected chi connectivity index (χ2v) is 10.8. The molecule has 0 unspecified atom stereocenters. The van der Waals surface area contributed by atoms with Gasteiger partial charge in [0.2, 0.25) is 0 Å². The Morgan fingerprint density at radius 1 is 0.860 bits per heavy atom. The van der Waals surface area contributed by atoms with Crippen LogP contribution in [0.4, 0.5) is 14.5 Å². The molecule has 43 heavy (non-hydrogen) atoms. The highest BCUT2D eigenvalue weighted by Gasteiger charge is 2.26. The van der Waals surface area contributed by atoms with Gasteiger partial charge in [-0.1, -0.05) is 54.6 Å². The maximum absolute atomic E-state index is 14.7. The predicted octanol–water partition coefficient (Wildman–Crippen LogP) is 3.72. The molecule has 1 fully saturated rings. The number of anilines is 1. The summed E-state index contributed by atoms with van der Waals surface area (Å²) in [5.74, 6) is -0.648. The number of piperazine rings is 1. The van der Waals surface area contributed by atoms with E-state index in [1.54, 1.807) is 14.0 Å². The van der Waals surface area contributed by atoms with E-state index in [1.807, 2.05) is 53.4 Å². The van der Waals surface area contributed by atoms with Crippen LogP contribution in [0.3, 0.4) is 0 Å². The van der Waals surface area contributed by atoms with Gasteiger partial charge in [0.15, 0.2) is 0 Å². The first-order chi connectivity index (χ1) is 20.8. The minimum atomic E-state index is -0.754. The van der Waals surface area contributed by atoms with Gasteiger partial charge in [0.1, 0.15) is 23.1 Å². The number of methoxy groups -OCH3 is 1. The van der Waals surface area contributed by atoms with Gasteiger partial charge in [-0.2, -0.15) is 0 Å². The average molecular weight is 590 g/mol. The van der Waals surface area contributed by atoms with Crippen LogP contribution in [0.25, 0.3) is 0 Å². The van der Waals surface area contributed by atoms with Crippen molar-refractivity contribution in [2.75, 3.05) is 44.7 Å². The average Bonchev–Trinajstić information content (AvgIpc) is 3.02. The number of aromatic nitrogens is 2. The van der Waals surface area contributed by atoms with Crippen molar-refractivity contribution in [3.63, 3.8) is 0 Å². The number of para-hydroxylation sites is 1. The monoisotopic (exact) mass is 589 g/mol. The van der Waals surface area contributed by atoms with Gasteiger partial charge in [-0.3, -0.25) is 18.8 Å². The van der Waals surface area contributed by atoms with Crippen molar-refractivity contribution in [3.8, 4) is 5.75 Å². The Morgan fingerprint density at radius 2 is 1.51 bits per heavy atom. The zero-order valence-corrected chi connectivity index (χ0v) is 24.5. The second kappa shape index (κ2) is 13.4. The Hall–Kier alpha value is -4.28. The third-order valence-electron chi connectivity index (χ3n) is 8.22. The van der Waals surface area contributed by atoms with E-state index in [4.69, 9.17) is 10.5 Å². The van der Waals surface area contributed by atoms with Gasteiger partial charge >= 0.3 is 5.69 Å². The van der Waals surface area contributed by atoms with Crippen LogP contribution in [0, 0.1) is 18.6 Å². The largest absolute Gasteiger partial charge is 0.496 e. The first-order valence-electron chi connectivity index (χ1n) is 14.4. The first-order valence-corrected chi connectivity index (χ1v) is 14.4. The molecule has 0 radical (unpaired) electrons. The Bertz CT molecular complexity index is 1660. The summed E-state index contributed by atoms with van der Waals surface area (Å²) in [5.41, 5.74) is 7.71. The zero-order valence-electron chi connectivity index (χ0n) is 24.5. The summed E-state index contributed by atoms with van der Waals surface area (Å²) in [4.78, 5) is 32.0. The van der Waals surface area contributed by atoms with Gasteiger partial charge in [-0.25, -0.2) is 13.6 Å². The molecule has 226 valence electrons. The molecule has 5 rings (SSSR count). The van der Waals surface area contributed by atoms with Gasteiger partial charge in [0.25, 0.3) is 5.56 Å². The zero-order chi connectivity index (χ0) is 30.5. The lowest BCUT2D eigenvalue weighted by molar-refractivity contribution is 0.259. The van der Waals surface area contributed by atoms with Crippen molar-refractivity contribution in [3.05, 3.63) is 128 Å². The summed E-state index contributed by atoms with van der Waals surface area (Å²) >= 11 is 0. The molecule has 0 amide bonds. The molecule has 4 aromatic rings. The molecule has 1 aliphatic rings. The van der Waals surface area contributed by atoms with Gasteiger partial charge in [0, 0.05) is 50.0 Å². The number of nitrogens with zero attached hydrogens (tertiary/aromatic N) is 4. The lowest BCUT2D eigenvalue weighted by atomic mass is 10.1. The van der Waals surface area contributed by atoms with E-state index < -0.39 is 28.9 Å². The molecular formula is C33H37F2N5O3. The lowest BCUT2D eigenvalue weighted by Crippen LogP contribution is -2.52. The lowest BCUT2D eigenvalue weighted by Gasteiger charge is -2.37. The van der Waals surface area contributed by atoms with E-state index in [9.17, 15) is 18.4 Å².